The molecule has 0 bridgehead atoms. The number of oxazole rings is 1. The van der Waals surface area contributed by atoms with Gasteiger partial charge < -0.3 is 9.15 Å². The second-order valence-corrected chi connectivity index (χ2v) is 8.07. The fraction of sp³-hybridized carbons (Fsp3) is 0.529. The Bertz CT molecular complexity index is 735. The van der Waals surface area contributed by atoms with E-state index in [0.717, 1.165) is 22.0 Å². The number of likely N-dealkylation sites (tertiary alicyclic amines) is 1. The highest BCUT2D eigenvalue weighted by Gasteiger charge is 2.39. The van der Waals surface area contributed by atoms with Gasteiger partial charge >= 0.3 is 6.09 Å². The van der Waals surface area contributed by atoms with Gasteiger partial charge in [-0.3, -0.25) is 4.90 Å². The van der Waals surface area contributed by atoms with Gasteiger partial charge in [-0.1, -0.05) is 22.9 Å². The Morgan fingerprint density at radius 1 is 1.43 bits per heavy atom. The number of rotatable bonds is 1. The van der Waals surface area contributed by atoms with E-state index in [2.05, 4.69) is 27.8 Å². The Kier molecular flexibility index (Phi) is 4.12. The molecule has 1 aliphatic rings. The standard InChI is InChI=1S/C17H21BrN2O3/c1-10-7-13(20(9-10)16(21)23-17(2,3)4)15-19-12-6-5-11(18)8-14(12)22-15/h5-6,8,10,13H,7,9H2,1-4H3/t10-,13-/m0/s1. The van der Waals surface area contributed by atoms with E-state index in [1.807, 2.05) is 39.0 Å². The number of benzene rings is 1. The minimum atomic E-state index is -0.514. The Morgan fingerprint density at radius 3 is 2.87 bits per heavy atom. The van der Waals surface area contributed by atoms with Crippen LogP contribution in [0.15, 0.2) is 27.1 Å². The molecule has 0 saturated carbocycles. The monoisotopic (exact) mass is 380 g/mol. The van der Waals surface area contributed by atoms with Crippen LogP contribution in [0, 0.1) is 5.92 Å². The molecule has 5 nitrogen and oxygen atoms in total. The molecule has 0 unspecified atom stereocenters. The number of carbonyl (C=O) groups is 1. The number of amides is 1. The molecule has 1 aliphatic heterocycles. The Labute approximate surface area is 144 Å². The third-order valence-corrected chi connectivity index (χ3v) is 4.28. The average Bonchev–Trinajstić information content (AvgIpc) is 2.99. The first-order chi connectivity index (χ1) is 10.7. The second kappa shape index (κ2) is 5.82. The summed E-state index contributed by atoms with van der Waals surface area (Å²) in [6, 6.07) is 5.55. The first-order valence-corrected chi connectivity index (χ1v) is 8.58. The molecule has 1 fully saturated rings. The van der Waals surface area contributed by atoms with Crippen molar-refractivity contribution in [2.45, 2.75) is 45.8 Å². The SMILES string of the molecule is C[C@H]1C[C@@H](c2nc3ccc(Br)cc3o2)N(C(=O)OC(C)(C)C)C1. The van der Waals surface area contributed by atoms with E-state index >= 15 is 0 Å². The molecule has 1 saturated heterocycles. The molecule has 2 heterocycles. The average molecular weight is 381 g/mol. The number of ether oxygens (including phenoxy) is 1. The van der Waals surface area contributed by atoms with Crippen molar-refractivity contribution >= 4 is 33.1 Å². The lowest BCUT2D eigenvalue weighted by Gasteiger charge is -2.27. The molecule has 1 aromatic heterocycles. The third-order valence-electron chi connectivity index (χ3n) is 3.79. The van der Waals surface area contributed by atoms with E-state index in [9.17, 15) is 4.79 Å². The minimum absolute atomic E-state index is 0.175. The number of hydrogen-bond donors (Lipinski definition) is 0. The van der Waals surface area contributed by atoms with Crippen LogP contribution in [0.2, 0.25) is 0 Å². The molecule has 0 aliphatic carbocycles. The normalized spacial score (nSPS) is 21.9. The van der Waals surface area contributed by atoms with Crippen molar-refractivity contribution in [1.29, 1.82) is 0 Å². The number of nitrogens with zero attached hydrogens (tertiary/aromatic N) is 2. The largest absolute Gasteiger partial charge is 0.444 e. The van der Waals surface area contributed by atoms with Crippen LogP contribution in [-0.4, -0.2) is 28.1 Å². The number of hydrogen-bond acceptors (Lipinski definition) is 4. The van der Waals surface area contributed by atoms with Gasteiger partial charge in [0.25, 0.3) is 0 Å². The second-order valence-electron chi connectivity index (χ2n) is 7.15. The summed E-state index contributed by atoms with van der Waals surface area (Å²) in [7, 11) is 0. The summed E-state index contributed by atoms with van der Waals surface area (Å²) < 4.78 is 12.4. The van der Waals surface area contributed by atoms with E-state index in [4.69, 9.17) is 9.15 Å². The quantitative estimate of drug-likeness (QED) is 0.705. The van der Waals surface area contributed by atoms with Gasteiger partial charge in [0.1, 0.15) is 17.2 Å². The van der Waals surface area contributed by atoms with Gasteiger partial charge in [0.15, 0.2) is 5.58 Å². The number of aromatic nitrogens is 1. The topological polar surface area (TPSA) is 55.6 Å². The third kappa shape index (κ3) is 3.52. The van der Waals surface area contributed by atoms with Crippen LogP contribution in [0.25, 0.3) is 11.1 Å². The van der Waals surface area contributed by atoms with Crippen molar-refractivity contribution in [2.75, 3.05) is 6.54 Å². The van der Waals surface area contributed by atoms with Crippen molar-refractivity contribution in [3.8, 4) is 0 Å². The van der Waals surface area contributed by atoms with Crippen LogP contribution in [0.3, 0.4) is 0 Å². The smallest absolute Gasteiger partial charge is 0.410 e. The van der Waals surface area contributed by atoms with Crippen molar-refractivity contribution in [3.05, 3.63) is 28.6 Å². The highest BCUT2D eigenvalue weighted by Crippen LogP contribution is 2.37. The maximum absolute atomic E-state index is 12.5. The number of carbonyl (C=O) groups excluding carboxylic acids is 1. The summed E-state index contributed by atoms with van der Waals surface area (Å²) >= 11 is 3.43. The Hall–Kier alpha value is -1.56. The van der Waals surface area contributed by atoms with Crippen LogP contribution in [-0.2, 0) is 4.74 Å². The van der Waals surface area contributed by atoms with E-state index < -0.39 is 5.60 Å². The zero-order valence-electron chi connectivity index (χ0n) is 13.8. The molecule has 1 aromatic carbocycles. The van der Waals surface area contributed by atoms with Gasteiger partial charge in [-0.05, 0) is 51.3 Å². The lowest BCUT2D eigenvalue weighted by molar-refractivity contribution is 0.0201. The lowest BCUT2D eigenvalue weighted by Crippen LogP contribution is -2.36. The maximum atomic E-state index is 12.5. The molecule has 23 heavy (non-hydrogen) atoms. The van der Waals surface area contributed by atoms with Crippen LogP contribution in [0.1, 0.15) is 46.0 Å². The number of fused-ring (bicyclic) bond motifs is 1. The highest BCUT2D eigenvalue weighted by molar-refractivity contribution is 9.10. The van der Waals surface area contributed by atoms with E-state index in [-0.39, 0.29) is 12.1 Å². The zero-order valence-corrected chi connectivity index (χ0v) is 15.4. The molecule has 2 aromatic rings. The molecule has 2 atom stereocenters. The van der Waals surface area contributed by atoms with Gasteiger partial charge in [0, 0.05) is 11.0 Å². The summed E-state index contributed by atoms with van der Waals surface area (Å²) in [5.41, 5.74) is 1.00. The van der Waals surface area contributed by atoms with E-state index in [0.29, 0.717) is 18.4 Å². The van der Waals surface area contributed by atoms with Gasteiger partial charge in [-0.15, -0.1) is 0 Å². The summed E-state index contributed by atoms with van der Waals surface area (Å²) in [4.78, 5) is 18.8. The summed E-state index contributed by atoms with van der Waals surface area (Å²) in [6.07, 6.45) is 0.517. The molecular formula is C17H21BrN2O3. The fourth-order valence-corrected chi connectivity index (χ4v) is 3.20. The molecule has 6 heteroatoms. The van der Waals surface area contributed by atoms with Gasteiger partial charge in [-0.25, -0.2) is 9.78 Å². The molecule has 1 amide bonds. The van der Waals surface area contributed by atoms with E-state index in [1.165, 1.54) is 0 Å². The summed E-state index contributed by atoms with van der Waals surface area (Å²) in [5, 5.41) is 0. The molecule has 0 N–H and O–H groups in total. The Morgan fingerprint density at radius 2 is 2.17 bits per heavy atom. The molecule has 0 radical (unpaired) electrons. The van der Waals surface area contributed by atoms with Gasteiger partial charge in [-0.2, -0.15) is 0 Å². The van der Waals surface area contributed by atoms with Gasteiger partial charge in [0.2, 0.25) is 5.89 Å². The Balaban J connectivity index is 1.90. The van der Waals surface area contributed by atoms with Crippen LogP contribution < -0.4 is 0 Å². The molecule has 124 valence electrons. The maximum Gasteiger partial charge on any atom is 0.410 e. The fourth-order valence-electron chi connectivity index (χ4n) is 2.86. The first-order valence-electron chi connectivity index (χ1n) is 7.78. The van der Waals surface area contributed by atoms with Crippen molar-refractivity contribution in [2.24, 2.45) is 5.92 Å². The van der Waals surface area contributed by atoms with Crippen molar-refractivity contribution in [3.63, 3.8) is 0 Å². The van der Waals surface area contributed by atoms with Crippen LogP contribution in [0.5, 0.6) is 0 Å². The minimum Gasteiger partial charge on any atom is -0.444 e. The van der Waals surface area contributed by atoms with Crippen LogP contribution in [0.4, 0.5) is 4.79 Å². The van der Waals surface area contributed by atoms with Gasteiger partial charge in [0.05, 0.1) is 0 Å². The molecular weight excluding hydrogens is 360 g/mol. The molecule has 3 rings (SSSR count). The highest BCUT2D eigenvalue weighted by atomic mass is 79.9. The number of halogens is 1. The first kappa shape index (κ1) is 16.3. The van der Waals surface area contributed by atoms with Crippen LogP contribution >= 0.6 is 15.9 Å². The van der Waals surface area contributed by atoms with E-state index in [1.54, 1.807) is 4.90 Å². The lowest BCUT2D eigenvalue weighted by atomic mass is 10.1. The predicted molar refractivity (Wildman–Crippen MR) is 91.2 cm³/mol. The summed E-state index contributed by atoms with van der Waals surface area (Å²) in [6.45, 7) is 8.39. The summed E-state index contributed by atoms with van der Waals surface area (Å²) in [5.74, 6) is 0.961. The molecule has 0 spiro atoms. The predicted octanol–water partition coefficient (Wildman–Crippen LogP) is 4.91. The zero-order chi connectivity index (χ0) is 16.8. The van der Waals surface area contributed by atoms with Crippen molar-refractivity contribution < 1.29 is 13.9 Å². The van der Waals surface area contributed by atoms with Crippen molar-refractivity contribution in [1.82, 2.24) is 9.88 Å².